The van der Waals surface area contributed by atoms with Gasteiger partial charge in [0.2, 0.25) is 0 Å². The lowest BCUT2D eigenvalue weighted by Crippen LogP contribution is -2.25. The average Bonchev–Trinajstić information content (AvgIpc) is 2.70. The third-order valence-corrected chi connectivity index (χ3v) is 4.87. The average molecular weight is 376 g/mol. The fourth-order valence-electron chi connectivity index (χ4n) is 3.54. The number of carbonyl (C=O) groups is 1. The van der Waals surface area contributed by atoms with Gasteiger partial charge in [-0.3, -0.25) is 9.20 Å². The highest BCUT2D eigenvalue weighted by Crippen LogP contribution is 2.30. The third kappa shape index (κ3) is 3.29. The van der Waals surface area contributed by atoms with Crippen LogP contribution in [0.15, 0.2) is 47.4 Å². The minimum absolute atomic E-state index is 0.0670. The first-order valence-corrected chi connectivity index (χ1v) is 9.29. The molecule has 0 spiro atoms. The van der Waals surface area contributed by atoms with E-state index in [1.807, 2.05) is 31.2 Å². The van der Waals surface area contributed by atoms with Crippen LogP contribution in [0.25, 0.3) is 17.3 Å². The fraction of sp³-hybridized carbons (Fsp3) is 0.227. The van der Waals surface area contributed by atoms with Gasteiger partial charge in [-0.25, -0.2) is 9.78 Å². The molecule has 1 aromatic carbocycles. The number of pyridine rings is 1. The SMILES string of the molecule is CCOc1ccc(C=C2CCCc3c2nc2ccc(C(=O)O)cn2c3=O)cc1. The van der Waals surface area contributed by atoms with Crippen molar-refractivity contribution in [1.29, 1.82) is 0 Å². The van der Waals surface area contributed by atoms with Gasteiger partial charge >= 0.3 is 5.97 Å². The quantitative estimate of drug-likeness (QED) is 0.751. The van der Waals surface area contributed by atoms with Crippen molar-refractivity contribution in [2.75, 3.05) is 6.61 Å². The number of fused-ring (bicyclic) bond motifs is 2. The Hall–Kier alpha value is -3.41. The summed E-state index contributed by atoms with van der Waals surface area (Å²) in [4.78, 5) is 28.8. The lowest BCUT2D eigenvalue weighted by atomic mass is 9.91. The van der Waals surface area contributed by atoms with Gasteiger partial charge in [-0.2, -0.15) is 0 Å². The number of benzene rings is 1. The lowest BCUT2D eigenvalue weighted by molar-refractivity contribution is 0.0696. The Morgan fingerprint density at radius 3 is 2.71 bits per heavy atom. The topological polar surface area (TPSA) is 80.9 Å². The van der Waals surface area contributed by atoms with Crippen molar-refractivity contribution in [2.45, 2.75) is 26.2 Å². The molecule has 0 aliphatic heterocycles. The van der Waals surface area contributed by atoms with Crippen LogP contribution in [0.2, 0.25) is 0 Å². The van der Waals surface area contributed by atoms with Gasteiger partial charge in [0.1, 0.15) is 11.4 Å². The van der Waals surface area contributed by atoms with Crippen LogP contribution in [-0.4, -0.2) is 27.1 Å². The van der Waals surface area contributed by atoms with Crippen LogP contribution in [-0.2, 0) is 6.42 Å². The van der Waals surface area contributed by atoms with Gasteiger partial charge in [0, 0.05) is 11.8 Å². The van der Waals surface area contributed by atoms with E-state index in [1.54, 1.807) is 6.07 Å². The largest absolute Gasteiger partial charge is 0.494 e. The molecule has 142 valence electrons. The molecule has 0 bridgehead atoms. The van der Waals surface area contributed by atoms with E-state index >= 15 is 0 Å². The first kappa shape index (κ1) is 18.0. The molecule has 0 unspecified atom stereocenters. The Morgan fingerprint density at radius 2 is 2.00 bits per heavy atom. The van der Waals surface area contributed by atoms with Gasteiger partial charge in [0.15, 0.2) is 0 Å². The van der Waals surface area contributed by atoms with Crippen molar-refractivity contribution in [3.63, 3.8) is 0 Å². The summed E-state index contributed by atoms with van der Waals surface area (Å²) in [6, 6.07) is 10.9. The molecule has 2 aromatic heterocycles. The number of rotatable bonds is 4. The van der Waals surface area contributed by atoms with Crippen molar-refractivity contribution in [3.05, 3.63) is 75.3 Å². The summed E-state index contributed by atoms with van der Waals surface area (Å²) < 4.78 is 6.81. The van der Waals surface area contributed by atoms with Crippen LogP contribution >= 0.6 is 0 Å². The molecule has 0 saturated heterocycles. The molecule has 0 amide bonds. The molecule has 0 radical (unpaired) electrons. The number of hydrogen-bond acceptors (Lipinski definition) is 4. The first-order valence-electron chi connectivity index (χ1n) is 9.29. The molecule has 0 fully saturated rings. The molecule has 0 atom stereocenters. The molecule has 2 heterocycles. The van der Waals surface area contributed by atoms with Gasteiger partial charge in [-0.1, -0.05) is 12.1 Å². The van der Waals surface area contributed by atoms with Crippen LogP contribution in [0.3, 0.4) is 0 Å². The predicted molar refractivity (Wildman–Crippen MR) is 107 cm³/mol. The van der Waals surface area contributed by atoms with Crippen molar-refractivity contribution < 1.29 is 14.6 Å². The maximum atomic E-state index is 12.9. The van der Waals surface area contributed by atoms with Gasteiger partial charge < -0.3 is 9.84 Å². The van der Waals surface area contributed by atoms with Gasteiger partial charge in [0.25, 0.3) is 5.56 Å². The third-order valence-electron chi connectivity index (χ3n) is 4.87. The van der Waals surface area contributed by atoms with Crippen LogP contribution in [0.4, 0.5) is 0 Å². The van der Waals surface area contributed by atoms with Crippen molar-refractivity contribution in [3.8, 4) is 5.75 Å². The highest BCUT2D eigenvalue weighted by Gasteiger charge is 2.21. The zero-order chi connectivity index (χ0) is 19.7. The summed E-state index contributed by atoms with van der Waals surface area (Å²) >= 11 is 0. The van der Waals surface area contributed by atoms with Crippen LogP contribution in [0, 0.1) is 0 Å². The zero-order valence-corrected chi connectivity index (χ0v) is 15.5. The van der Waals surface area contributed by atoms with E-state index in [1.165, 1.54) is 16.7 Å². The Labute approximate surface area is 161 Å². The second-order valence-corrected chi connectivity index (χ2v) is 6.72. The van der Waals surface area contributed by atoms with Gasteiger partial charge in [-0.05, 0) is 67.7 Å². The lowest BCUT2D eigenvalue weighted by Gasteiger charge is -2.18. The number of hydrogen-bond donors (Lipinski definition) is 1. The molecular weight excluding hydrogens is 356 g/mol. The molecule has 6 nitrogen and oxygen atoms in total. The fourth-order valence-corrected chi connectivity index (χ4v) is 3.54. The normalized spacial score (nSPS) is 14.8. The number of aromatic nitrogens is 2. The number of nitrogens with zero attached hydrogens (tertiary/aromatic N) is 2. The van der Waals surface area contributed by atoms with E-state index in [4.69, 9.17) is 4.74 Å². The highest BCUT2D eigenvalue weighted by molar-refractivity contribution is 5.88. The molecule has 0 saturated carbocycles. The van der Waals surface area contributed by atoms with E-state index in [9.17, 15) is 14.7 Å². The summed E-state index contributed by atoms with van der Waals surface area (Å²) in [5.74, 6) is -0.243. The molecule has 6 heteroatoms. The second-order valence-electron chi connectivity index (χ2n) is 6.72. The summed E-state index contributed by atoms with van der Waals surface area (Å²) in [6.45, 7) is 2.57. The molecule has 1 aliphatic rings. The number of ether oxygens (including phenoxy) is 1. The maximum Gasteiger partial charge on any atom is 0.337 e. The molecule has 3 aromatic rings. The summed E-state index contributed by atoms with van der Waals surface area (Å²) in [7, 11) is 0. The van der Waals surface area contributed by atoms with E-state index in [0.717, 1.165) is 29.7 Å². The Balaban J connectivity index is 1.80. The predicted octanol–water partition coefficient (Wildman–Crippen LogP) is 3.67. The number of allylic oxidation sites excluding steroid dienone is 1. The minimum atomic E-state index is -1.07. The zero-order valence-electron chi connectivity index (χ0n) is 15.5. The van der Waals surface area contributed by atoms with Crippen molar-refractivity contribution in [2.24, 2.45) is 0 Å². The van der Waals surface area contributed by atoms with E-state index in [2.05, 4.69) is 11.1 Å². The Kier molecular flexibility index (Phi) is 4.69. The number of carboxylic acid groups (broad SMARTS) is 1. The molecule has 1 N–H and O–H groups in total. The molecule has 28 heavy (non-hydrogen) atoms. The van der Waals surface area contributed by atoms with Crippen LogP contribution in [0.5, 0.6) is 5.75 Å². The first-order chi connectivity index (χ1) is 13.6. The summed E-state index contributed by atoms with van der Waals surface area (Å²) in [6.07, 6.45) is 5.75. The van der Waals surface area contributed by atoms with Gasteiger partial charge in [0.05, 0.1) is 17.9 Å². The maximum absolute atomic E-state index is 12.9. The molecule has 4 rings (SSSR count). The van der Waals surface area contributed by atoms with Crippen molar-refractivity contribution >= 4 is 23.3 Å². The van der Waals surface area contributed by atoms with E-state index in [0.29, 0.717) is 29.9 Å². The van der Waals surface area contributed by atoms with E-state index < -0.39 is 5.97 Å². The monoisotopic (exact) mass is 376 g/mol. The smallest absolute Gasteiger partial charge is 0.337 e. The molecule has 1 aliphatic carbocycles. The molecular formula is C22H20N2O4. The standard InChI is InChI=1S/C22H20N2O4/c1-2-28-17-9-6-14(7-10-17)12-15-4-3-5-18-20(15)23-19-11-8-16(22(26)27)13-24(19)21(18)25/h6-13H,2-5H2,1H3,(H,26,27). The summed E-state index contributed by atoms with van der Waals surface area (Å²) in [5.41, 5.74) is 3.73. The Bertz CT molecular complexity index is 1140. The highest BCUT2D eigenvalue weighted by atomic mass is 16.5. The van der Waals surface area contributed by atoms with Gasteiger partial charge in [-0.15, -0.1) is 0 Å². The summed E-state index contributed by atoms with van der Waals surface area (Å²) in [5, 5.41) is 9.18. The van der Waals surface area contributed by atoms with Crippen LogP contribution < -0.4 is 10.3 Å². The minimum Gasteiger partial charge on any atom is -0.494 e. The van der Waals surface area contributed by atoms with E-state index in [-0.39, 0.29) is 11.1 Å². The van der Waals surface area contributed by atoms with Crippen molar-refractivity contribution in [1.82, 2.24) is 9.38 Å². The number of aromatic carboxylic acids is 1. The second kappa shape index (κ2) is 7.31. The number of carboxylic acids is 1. The Morgan fingerprint density at radius 1 is 1.21 bits per heavy atom. The van der Waals surface area contributed by atoms with Crippen LogP contribution in [0.1, 0.15) is 46.9 Å².